The Kier molecular flexibility index (Phi) is 1.15. The molecule has 0 spiro atoms. The van der Waals surface area contributed by atoms with Crippen molar-refractivity contribution < 1.29 is 4.74 Å². The third-order valence-electron chi connectivity index (χ3n) is 2.53. The summed E-state index contributed by atoms with van der Waals surface area (Å²) in [6.07, 6.45) is 2.87. The van der Waals surface area contributed by atoms with Crippen LogP contribution in [0, 0.1) is 0 Å². The van der Waals surface area contributed by atoms with E-state index < -0.39 is 0 Å². The molecule has 0 radical (unpaired) electrons. The van der Waals surface area contributed by atoms with Gasteiger partial charge in [0.05, 0.1) is 17.8 Å². The summed E-state index contributed by atoms with van der Waals surface area (Å²) in [6, 6.07) is 4.18. The maximum absolute atomic E-state index is 5.96. The fourth-order valence-electron chi connectivity index (χ4n) is 1.89. The van der Waals surface area contributed by atoms with Gasteiger partial charge in [0.25, 0.3) is 0 Å². The Morgan fingerprint density at radius 3 is 3.31 bits per heavy atom. The molecular weight excluding hydrogens is 164 g/mol. The van der Waals surface area contributed by atoms with Crippen LogP contribution in [0.5, 0.6) is 5.75 Å². The monoisotopic (exact) mass is 174 g/mol. The number of benzene rings is 1. The van der Waals surface area contributed by atoms with Crippen molar-refractivity contribution in [1.29, 1.82) is 0 Å². The van der Waals surface area contributed by atoms with Crippen molar-refractivity contribution in [2.24, 2.45) is 0 Å². The first-order valence-electron chi connectivity index (χ1n) is 4.37. The number of anilines is 1. The first-order valence-corrected chi connectivity index (χ1v) is 4.37. The van der Waals surface area contributed by atoms with Gasteiger partial charge in [0.1, 0.15) is 5.75 Å². The number of fused-ring (bicyclic) bond motifs is 2. The molecule has 3 rings (SSSR count). The molecule has 1 aromatic heterocycles. The third-order valence-corrected chi connectivity index (χ3v) is 2.53. The molecule has 0 aliphatic carbocycles. The molecular formula is C10H10N2O. The Labute approximate surface area is 75.5 Å². The van der Waals surface area contributed by atoms with E-state index in [9.17, 15) is 0 Å². The summed E-state index contributed by atoms with van der Waals surface area (Å²) in [4.78, 5) is 3.11. The zero-order chi connectivity index (χ0) is 8.84. The van der Waals surface area contributed by atoms with Crippen molar-refractivity contribution in [2.45, 2.75) is 6.42 Å². The summed E-state index contributed by atoms with van der Waals surface area (Å²) in [5, 5.41) is 1.17. The number of hydrogen-bond donors (Lipinski definition) is 2. The standard InChI is InChI=1S/C10H10N2O/c11-8-9-6(1-3-12-9)5-7-2-4-13-10(7)8/h1,3,5,12H,2,4,11H2. The van der Waals surface area contributed by atoms with E-state index in [4.69, 9.17) is 10.5 Å². The second kappa shape index (κ2) is 2.19. The molecule has 0 amide bonds. The summed E-state index contributed by atoms with van der Waals surface area (Å²) in [7, 11) is 0. The predicted molar refractivity (Wildman–Crippen MR) is 51.9 cm³/mol. The molecule has 3 N–H and O–H groups in total. The van der Waals surface area contributed by atoms with Crippen LogP contribution in [-0.4, -0.2) is 11.6 Å². The van der Waals surface area contributed by atoms with Gasteiger partial charge in [0.2, 0.25) is 0 Å². The number of nitrogen functional groups attached to an aromatic ring is 1. The number of aromatic nitrogens is 1. The molecule has 1 aliphatic rings. The van der Waals surface area contributed by atoms with Crippen LogP contribution in [0.1, 0.15) is 5.56 Å². The summed E-state index contributed by atoms with van der Waals surface area (Å²) in [5.74, 6) is 0.870. The molecule has 0 bridgehead atoms. The zero-order valence-corrected chi connectivity index (χ0v) is 7.13. The highest BCUT2D eigenvalue weighted by Gasteiger charge is 2.17. The molecule has 0 unspecified atom stereocenters. The van der Waals surface area contributed by atoms with Gasteiger partial charge in [-0.3, -0.25) is 0 Å². The maximum atomic E-state index is 5.96. The minimum absolute atomic E-state index is 0.745. The lowest BCUT2D eigenvalue weighted by atomic mass is 10.1. The van der Waals surface area contributed by atoms with Crippen LogP contribution in [0.4, 0.5) is 5.69 Å². The molecule has 1 aliphatic heterocycles. The fourth-order valence-corrected chi connectivity index (χ4v) is 1.89. The number of hydrogen-bond acceptors (Lipinski definition) is 2. The summed E-state index contributed by atoms with van der Waals surface area (Å²) >= 11 is 0. The molecule has 66 valence electrons. The Hall–Kier alpha value is -1.64. The number of nitrogens with two attached hydrogens (primary N) is 1. The van der Waals surface area contributed by atoms with Gasteiger partial charge in [-0.15, -0.1) is 0 Å². The highest BCUT2D eigenvalue weighted by Crippen LogP contribution is 2.37. The van der Waals surface area contributed by atoms with Crippen molar-refractivity contribution in [1.82, 2.24) is 4.98 Å². The van der Waals surface area contributed by atoms with Gasteiger partial charge in [-0.05, 0) is 12.1 Å². The minimum Gasteiger partial charge on any atom is -0.491 e. The largest absolute Gasteiger partial charge is 0.491 e. The summed E-state index contributed by atoms with van der Waals surface area (Å²) in [5.41, 5.74) is 8.92. The fraction of sp³-hybridized carbons (Fsp3) is 0.200. The normalized spacial score (nSPS) is 14.5. The first-order chi connectivity index (χ1) is 6.36. The molecule has 3 nitrogen and oxygen atoms in total. The van der Waals surface area contributed by atoms with Gasteiger partial charge in [-0.2, -0.15) is 0 Å². The molecule has 13 heavy (non-hydrogen) atoms. The predicted octanol–water partition coefficient (Wildman–Crippen LogP) is 1.69. The Morgan fingerprint density at radius 1 is 1.46 bits per heavy atom. The lowest BCUT2D eigenvalue weighted by Crippen LogP contribution is -1.92. The zero-order valence-electron chi connectivity index (χ0n) is 7.13. The first kappa shape index (κ1) is 6.83. The van der Waals surface area contributed by atoms with Crippen LogP contribution in [0.25, 0.3) is 10.9 Å². The number of ether oxygens (including phenoxy) is 1. The van der Waals surface area contributed by atoms with E-state index in [1.807, 2.05) is 12.3 Å². The van der Waals surface area contributed by atoms with Gasteiger partial charge < -0.3 is 15.5 Å². The van der Waals surface area contributed by atoms with E-state index in [-0.39, 0.29) is 0 Å². The topological polar surface area (TPSA) is 51.0 Å². The molecule has 0 fully saturated rings. The lowest BCUT2D eigenvalue weighted by molar-refractivity contribution is 0.358. The smallest absolute Gasteiger partial charge is 0.147 e. The van der Waals surface area contributed by atoms with E-state index in [1.54, 1.807) is 0 Å². The molecule has 1 aromatic carbocycles. The molecule has 2 heterocycles. The minimum atomic E-state index is 0.745. The van der Waals surface area contributed by atoms with E-state index in [1.165, 1.54) is 10.9 Å². The number of rotatable bonds is 0. The van der Waals surface area contributed by atoms with Gasteiger partial charge in [0.15, 0.2) is 0 Å². The third kappa shape index (κ3) is 0.786. The van der Waals surface area contributed by atoms with Crippen LogP contribution in [0.2, 0.25) is 0 Å². The van der Waals surface area contributed by atoms with Crippen molar-refractivity contribution >= 4 is 16.6 Å². The highest BCUT2D eigenvalue weighted by atomic mass is 16.5. The molecule has 0 saturated heterocycles. The maximum Gasteiger partial charge on any atom is 0.147 e. The van der Waals surface area contributed by atoms with Crippen LogP contribution in [0.15, 0.2) is 18.3 Å². The quantitative estimate of drug-likeness (QED) is 0.597. The van der Waals surface area contributed by atoms with Crippen molar-refractivity contribution in [3.63, 3.8) is 0 Å². The van der Waals surface area contributed by atoms with Crippen LogP contribution < -0.4 is 10.5 Å². The second-order valence-electron chi connectivity index (χ2n) is 3.32. The van der Waals surface area contributed by atoms with E-state index in [0.29, 0.717) is 0 Å². The van der Waals surface area contributed by atoms with Gasteiger partial charge in [0, 0.05) is 23.6 Å². The number of aromatic amines is 1. The highest BCUT2D eigenvalue weighted by molar-refractivity contribution is 5.94. The average Bonchev–Trinajstić information content (AvgIpc) is 2.71. The molecule has 0 atom stereocenters. The van der Waals surface area contributed by atoms with E-state index in [2.05, 4.69) is 11.1 Å². The molecule has 2 aromatic rings. The SMILES string of the molecule is Nc1c2c(cc3cc[nH]c13)CCO2. The van der Waals surface area contributed by atoms with Gasteiger partial charge in [-0.1, -0.05) is 0 Å². The van der Waals surface area contributed by atoms with Gasteiger partial charge in [-0.25, -0.2) is 0 Å². The lowest BCUT2D eigenvalue weighted by Gasteiger charge is -2.04. The van der Waals surface area contributed by atoms with Crippen molar-refractivity contribution in [3.8, 4) is 5.75 Å². The molecule has 0 saturated carbocycles. The number of nitrogens with one attached hydrogen (secondary N) is 1. The van der Waals surface area contributed by atoms with Crippen molar-refractivity contribution in [2.75, 3.05) is 12.3 Å². The second-order valence-corrected chi connectivity index (χ2v) is 3.32. The Morgan fingerprint density at radius 2 is 2.38 bits per heavy atom. The summed E-state index contributed by atoms with van der Waals surface area (Å²) < 4.78 is 5.46. The van der Waals surface area contributed by atoms with Crippen LogP contribution in [-0.2, 0) is 6.42 Å². The average molecular weight is 174 g/mol. The molecule has 3 heteroatoms. The van der Waals surface area contributed by atoms with Crippen LogP contribution in [0.3, 0.4) is 0 Å². The van der Waals surface area contributed by atoms with Crippen molar-refractivity contribution in [3.05, 3.63) is 23.9 Å². The van der Waals surface area contributed by atoms with Gasteiger partial charge >= 0.3 is 0 Å². The van der Waals surface area contributed by atoms with E-state index in [0.717, 1.165) is 30.0 Å². The Balaban J connectivity index is 2.45. The van der Waals surface area contributed by atoms with Crippen LogP contribution >= 0.6 is 0 Å². The summed E-state index contributed by atoms with van der Waals surface area (Å²) in [6.45, 7) is 0.756. The number of H-pyrrole nitrogens is 1. The van der Waals surface area contributed by atoms with E-state index >= 15 is 0 Å². The Bertz CT molecular complexity index is 473.